The van der Waals surface area contributed by atoms with Gasteiger partial charge in [-0.15, -0.1) is 0 Å². The van der Waals surface area contributed by atoms with Crippen molar-refractivity contribution in [1.29, 1.82) is 0 Å². The Labute approximate surface area is 125 Å². The molecule has 0 spiro atoms. The van der Waals surface area contributed by atoms with Gasteiger partial charge in [-0.05, 0) is 42.3 Å². The van der Waals surface area contributed by atoms with E-state index in [4.69, 9.17) is 4.74 Å². The van der Waals surface area contributed by atoms with Crippen molar-refractivity contribution in [2.45, 2.75) is 24.5 Å². The fraction of sp³-hybridized carbons (Fsp3) is 0.267. The van der Waals surface area contributed by atoms with Gasteiger partial charge in [0.05, 0.1) is 11.5 Å². The fourth-order valence-electron chi connectivity index (χ4n) is 1.99. The maximum absolute atomic E-state index is 12.4. The summed E-state index contributed by atoms with van der Waals surface area (Å²) in [5, 5.41) is 0. The molecule has 0 saturated heterocycles. The van der Waals surface area contributed by atoms with Crippen molar-refractivity contribution in [3.8, 4) is 0 Å². The van der Waals surface area contributed by atoms with Crippen molar-refractivity contribution >= 4 is 10.0 Å². The second-order valence-electron chi connectivity index (χ2n) is 4.70. The number of ether oxygens (including phenoxy) is 1. The number of nitrogens with one attached hydrogen (secondary N) is 1. The number of hydrogen-bond acceptors (Lipinski definition) is 4. The van der Waals surface area contributed by atoms with Gasteiger partial charge in [-0.2, -0.15) is 0 Å². The van der Waals surface area contributed by atoms with Crippen molar-refractivity contribution in [2.24, 2.45) is 0 Å². The second kappa shape index (κ2) is 6.80. The molecule has 0 bridgehead atoms. The van der Waals surface area contributed by atoms with Gasteiger partial charge in [0.15, 0.2) is 0 Å². The molecule has 0 amide bonds. The molecule has 0 aliphatic rings. The van der Waals surface area contributed by atoms with Crippen LogP contribution < -0.4 is 4.72 Å². The number of hydrogen-bond donors (Lipinski definition) is 1. The normalized spacial score (nSPS) is 13.0. The van der Waals surface area contributed by atoms with Crippen molar-refractivity contribution in [1.82, 2.24) is 9.71 Å². The number of pyridine rings is 1. The van der Waals surface area contributed by atoms with E-state index >= 15 is 0 Å². The third-order valence-corrected chi connectivity index (χ3v) is 4.60. The van der Waals surface area contributed by atoms with Crippen LogP contribution in [0.2, 0.25) is 0 Å². The summed E-state index contributed by atoms with van der Waals surface area (Å²) >= 11 is 0. The third kappa shape index (κ3) is 4.10. The largest absolute Gasteiger partial charge is 0.380 e. The van der Waals surface area contributed by atoms with Crippen LogP contribution in [0.15, 0.2) is 53.7 Å². The lowest BCUT2D eigenvalue weighted by molar-refractivity contribution is 0.184. The van der Waals surface area contributed by atoms with E-state index in [-0.39, 0.29) is 10.9 Å². The highest BCUT2D eigenvalue weighted by Gasteiger charge is 2.18. The minimum Gasteiger partial charge on any atom is -0.380 e. The van der Waals surface area contributed by atoms with Crippen LogP contribution in [-0.4, -0.2) is 20.5 Å². The molecule has 21 heavy (non-hydrogen) atoms. The van der Waals surface area contributed by atoms with Crippen LogP contribution in [-0.2, 0) is 21.4 Å². The van der Waals surface area contributed by atoms with Crippen molar-refractivity contribution in [3.05, 3.63) is 59.9 Å². The van der Waals surface area contributed by atoms with E-state index in [1.807, 2.05) is 6.07 Å². The first-order valence-electron chi connectivity index (χ1n) is 6.53. The Morgan fingerprint density at radius 3 is 2.62 bits per heavy atom. The van der Waals surface area contributed by atoms with Gasteiger partial charge in [0, 0.05) is 25.5 Å². The SMILES string of the molecule is COCc1cccc(S(=O)(=O)NC(C)c2ccncc2)c1. The van der Waals surface area contributed by atoms with Gasteiger partial charge in [-0.1, -0.05) is 12.1 Å². The predicted octanol–water partition coefficient (Wildman–Crippen LogP) is 2.27. The van der Waals surface area contributed by atoms with Gasteiger partial charge in [0.1, 0.15) is 0 Å². The first-order valence-corrected chi connectivity index (χ1v) is 8.01. The molecule has 1 aromatic carbocycles. The molecule has 0 saturated carbocycles. The van der Waals surface area contributed by atoms with E-state index in [9.17, 15) is 8.42 Å². The van der Waals surface area contributed by atoms with E-state index in [0.29, 0.717) is 6.61 Å². The lowest BCUT2D eigenvalue weighted by Gasteiger charge is -2.15. The molecule has 1 N–H and O–H groups in total. The van der Waals surface area contributed by atoms with Crippen LogP contribution in [0, 0.1) is 0 Å². The molecule has 1 atom stereocenters. The molecule has 5 nitrogen and oxygen atoms in total. The van der Waals surface area contributed by atoms with Crippen LogP contribution in [0.25, 0.3) is 0 Å². The molecule has 0 radical (unpaired) electrons. The number of sulfonamides is 1. The summed E-state index contributed by atoms with van der Waals surface area (Å²) in [5.41, 5.74) is 1.68. The quantitative estimate of drug-likeness (QED) is 0.889. The Morgan fingerprint density at radius 2 is 1.95 bits per heavy atom. The zero-order valence-corrected chi connectivity index (χ0v) is 12.8. The molecule has 0 aliphatic carbocycles. The van der Waals surface area contributed by atoms with E-state index in [0.717, 1.165) is 11.1 Å². The Bertz CT molecular complexity index is 687. The molecule has 6 heteroatoms. The van der Waals surface area contributed by atoms with Gasteiger partial charge in [-0.25, -0.2) is 13.1 Å². The lowest BCUT2D eigenvalue weighted by atomic mass is 10.1. The van der Waals surface area contributed by atoms with Crippen LogP contribution in [0.1, 0.15) is 24.1 Å². The number of benzene rings is 1. The first kappa shape index (κ1) is 15.6. The molecular formula is C15H18N2O3S. The highest BCUT2D eigenvalue weighted by molar-refractivity contribution is 7.89. The Balaban J connectivity index is 2.20. The average Bonchev–Trinajstić information content (AvgIpc) is 2.48. The Morgan fingerprint density at radius 1 is 1.24 bits per heavy atom. The summed E-state index contributed by atoms with van der Waals surface area (Å²) in [7, 11) is -2.00. The number of aromatic nitrogens is 1. The van der Waals surface area contributed by atoms with Gasteiger partial charge in [0.2, 0.25) is 10.0 Å². The molecule has 0 fully saturated rings. The molecule has 112 valence electrons. The zero-order chi connectivity index (χ0) is 15.3. The standard InChI is InChI=1S/C15H18N2O3S/c1-12(14-6-8-16-9-7-14)17-21(18,19)15-5-3-4-13(10-15)11-20-2/h3-10,12,17H,11H2,1-2H3. The number of nitrogens with zero attached hydrogens (tertiary/aromatic N) is 1. The van der Waals surface area contributed by atoms with Crippen molar-refractivity contribution in [3.63, 3.8) is 0 Å². The average molecular weight is 306 g/mol. The minimum absolute atomic E-state index is 0.234. The molecule has 1 unspecified atom stereocenters. The maximum atomic E-state index is 12.4. The summed E-state index contributed by atoms with van der Waals surface area (Å²) < 4.78 is 32.5. The second-order valence-corrected chi connectivity index (χ2v) is 6.42. The fourth-order valence-corrected chi connectivity index (χ4v) is 3.29. The summed E-state index contributed by atoms with van der Waals surface area (Å²) in [6, 6.07) is 9.97. The van der Waals surface area contributed by atoms with E-state index in [2.05, 4.69) is 9.71 Å². The van der Waals surface area contributed by atoms with Crippen LogP contribution >= 0.6 is 0 Å². The highest BCUT2D eigenvalue weighted by Crippen LogP contribution is 2.17. The van der Waals surface area contributed by atoms with Gasteiger partial charge < -0.3 is 4.74 Å². The van der Waals surface area contributed by atoms with Gasteiger partial charge in [-0.3, -0.25) is 4.98 Å². The van der Waals surface area contributed by atoms with Crippen molar-refractivity contribution in [2.75, 3.05) is 7.11 Å². The van der Waals surface area contributed by atoms with E-state index in [1.165, 1.54) is 0 Å². The smallest absolute Gasteiger partial charge is 0.241 e. The third-order valence-electron chi connectivity index (χ3n) is 3.06. The van der Waals surface area contributed by atoms with E-state index < -0.39 is 10.0 Å². The number of rotatable bonds is 6. The minimum atomic E-state index is -3.57. The van der Waals surface area contributed by atoms with Crippen molar-refractivity contribution < 1.29 is 13.2 Å². The topological polar surface area (TPSA) is 68.3 Å². The Kier molecular flexibility index (Phi) is 5.06. The van der Waals surface area contributed by atoms with Gasteiger partial charge in [0.25, 0.3) is 0 Å². The monoisotopic (exact) mass is 306 g/mol. The molecule has 2 rings (SSSR count). The highest BCUT2D eigenvalue weighted by atomic mass is 32.2. The zero-order valence-electron chi connectivity index (χ0n) is 12.0. The van der Waals surface area contributed by atoms with Crippen LogP contribution in [0.5, 0.6) is 0 Å². The summed E-state index contributed by atoms with van der Waals surface area (Å²) in [6.45, 7) is 2.18. The van der Waals surface area contributed by atoms with Gasteiger partial charge >= 0.3 is 0 Å². The molecule has 1 aromatic heterocycles. The summed E-state index contributed by atoms with van der Waals surface area (Å²) in [4.78, 5) is 4.16. The predicted molar refractivity (Wildman–Crippen MR) is 80.1 cm³/mol. The van der Waals surface area contributed by atoms with Crippen LogP contribution in [0.4, 0.5) is 0 Å². The molecule has 0 aliphatic heterocycles. The molecular weight excluding hydrogens is 288 g/mol. The number of methoxy groups -OCH3 is 1. The van der Waals surface area contributed by atoms with Crippen LogP contribution in [0.3, 0.4) is 0 Å². The Hall–Kier alpha value is -1.76. The summed E-state index contributed by atoms with van der Waals surface area (Å²) in [5.74, 6) is 0. The molecule has 2 aromatic rings. The lowest BCUT2D eigenvalue weighted by Crippen LogP contribution is -2.27. The maximum Gasteiger partial charge on any atom is 0.241 e. The molecule has 1 heterocycles. The summed E-state index contributed by atoms with van der Waals surface area (Å²) in [6.07, 6.45) is 3.28. The first-order chi connectivity index (χ1) is 10.0. The van der Waals surface area contributed by atoms with E-state index in [1.54, 1.807) is 56.8 Å².